The second kappa shape index (κ2) is 68.8. The van der Waals surface area contributed by atoms with Gasteiger partial charge in [-0.05, 0) is 37.5 Å². The lowest BCUT2D eigenvalue weighted by atomic mass is 10.0. The van der Waals surface area contributed by atoms with Crippen LogP contribution in [0.25, 0.3) is 0 Å². The van der Waals surface area contributed by atoms with E-state index in [1.165, 1.54) is 212 Å². The van der Waals surface area contributed by atoms with Crippen molar-refractivity contribution in [1.82, 2.24) is 0 Å². The first-order valence-corrected chi connectivity index (χ1v) is 43.0. The first-order chi connectivity index (χ1) is 46.4. The average Bonchev–Trinajstić information content (AvgIpc) is 1.91. The fourth-order valence-electron chi connectivity index (χ4n) is 11.8. The van der Waals surface area contributed by atoms with Gasteiger partial charge < -0.3 is 33.8 Å². The van der Waals surface area contributed by atoms with Crippen molar-refractivity contribution in [2.45, 2.75) is 419 Å². The van der Waals surface area contributed by atoms with Crippen LogP contribution in [0.3, 0.4) is 0 Å². The molecule has 2 unspecified atom stereocenters. The number of ether oxygens (including phenoxy) is 4. The van der Waals surface area contributed by atoms with Crippen molar-refractivity contribution in [1.29, 1.82) is 0 Å². The monoisotopic (exact) mass is 1410 g/mol. The summed E-state index contributed by atoms with van der Waals surface area (Å²) in [6.45, 7) is 9.58. The third-order valence-corrected chi connectivity index (χ3v) is 19.9. The molecule has 0 aliphatic carbocycles. The molecule has 3 N–H and O–H groups in total. The number of hydrogen-bond acceptors (Lipinski definition) is 15. The van der Waals surface area contributed by atoms with E-state index in [1.54, 1.807) is 0 Å². The molecule has 0 aromatic rings. The summed E-state index contributed by atoms with van der Waals surface area (Å²) in [5, 5.41) is 10.6. The fourth-order valence-corrected chi connectivity index (χ4v) is 13.4. The van der Waals surface area contributed by atoms with Crippen molar-refractivity contribution in [2.75, 3.05) is 39.6 Å². The molecule has 0 aliphatic rings. The van der Waals surface area contributed by atoms with E-state index in [0.29, 0.717) is 31.6 Å². The van der Waals surface area contributed by atoms with Gasteiger partial charge in [0.25, 0.3) is 0 Å². The Hall–Kier alpha value is -1.94. The highest BCUT2D eigenvalue weighted by Crippen LogP contribution is 2.45. The first kappa shape index (κ1) is 94.1. The second-order valence-corrected chi connectivity index (χ2v) is 31.6. The van der Waals surface area contributed by atoms with Crippen molar-refractivity contribution in [3.8, 4) is 0 Å². The Balaban J connectivity index is 5.23. The number of aliphatic hydroxyl groups excluding tert-OH is 1. The summed E-state index contributed by atoms with van der Waals surface area (Å²) in [5.74, 6) is -0.598. The normalized spacial score (nSPS) is 14.0. The summed E-state index contributed by atoms with van der Waals surface area (Å²) in [6.07, 6.45) is 56.9. The summed E-state index contributed by atoms with van der Waals surface area (Å²) in [5.41, 5.74) is 0. The van der Waals surface area contributed by atoms with Gasteiger partial charge in [-0.2, -0.15) is 0 Å². The van der Waals surface area contributed by atoms with Crippen LogP contribution in [0.5, 0.6) is 0 Å². The van der Waals surface area contributed by atoms with E-state index < -0.39 is 97.5 Å². The number of aliphatic hydroxyl groups is 1. The van der Waals surface area contributed by atoms with E-state index in [9.17, 15) is 43.2 Å². The quantitative estimate of drug-likeness (QED) is 0.0222. The number of hydrogen-bond donors (Lipinski definition) is 3. The van der Waals surface area contributed by atoms with Gasteiger partial charge in [0.2, 0.25) is 0 Å². The number of phosphoric acid groups is 2. The third-order valence-electron chi connectivity index (χ3n) is 18.0. The Kier molecular flexibility index (Phi) is 67.4. The topological polar surface area (TPSA) is 237 Å². The molecule has 0 spiro atoms. The van der Waals surface area contributed by atoms with Crippen LogP contribution in [-0.2, 0) is 65.4 Å². The van der Waals surface area contributed by atoms with Crippen LogP contribution in [0.1, 0.15) is 401 Å². The summed E-state index contributed by atoms with van der Waals surface area (Å²) >= 11 is 0. The number of phosphoric ester groups is 2. The Bertz CT molecular complexity index is 1860. The van der Waals surface area contributed by atoms with Crippen LogP contribution in [-0.4, -0.2) is 96.7 Å². The smallest absolute Gasteiger partial charge is 0.462 e. The molecule has 0 amide bonds. The predicted molar refractivity (Wildman–Crippen MR) is 391 cm³/mol. The molecule has 0 aromatic heterocycles. The maximum Gasteiger partial charge on any atom is 0.472 e. The number of esters is 4. The van der Waals surface area contributed by atoms with Crippen LogP contribution in [0.4, 0.5) is 0 Å². The summed E-state index contributed by atoms with van der Waals surface area (Å²) in [6, 6.07) is 0. The Morgan fingerprint density at radius 1 is 0.281 bits per heavy atom. The fraction of sp³-hybridized carbons (Fsp3) is 0.948. The van der Waals surface area contributed by atoms with Crippen LogP contribution in [0, 0.1) is 11.8 Å². The van der Waals surface area contributed by atoms with Gasteiger partial charge in [-0.15, -0.1) is 0 Å². The summed E-state index contributed by atoms with van der Waals surface area (Å²) in [7, 11) is -9.91. The average molecular weight is 1410 g/mol. The minimum atomic E-state index is -4.96. The maximum atomic E-state index is 13.1. The lowest BCUT2D eigenvalue weighted by molar-refractivity contribution is -0.161. The van der Waals surface area contributed by atoms with Crippen molar-refractivity contribution < 1.29 is 80.2 Å². The first-order valence-electron chi connectivity index (χ1n) is 40.0. The molecule has 0 fully saturated rings. The van der Waals surface area contributed by atoms with Crippen molar-refractivity contribution >= 4 is 39.5 Å². The number of rotatable bonds is 76. The molecule has 0 saturated carbocycles. The molecule has 17 nitrogen and oxygen atoms in total. The zero-order valence-corrected chi connectivity index (χ0v) is 64.5. The Morgan fingerprint density at radius 3 is 0.708 bits per heavy atom. The number of unbranched alkanes of at least 4 members (excludes halogenated alkanes) is 46. The minimum Gasteiger partial charge on any atom is -0.462 e. The molecule has 96 heavy (non-hydrogen) atoms. The zero-order chi connectivity index (χ0) is 70.7. The molecular weight excluding hydrogens is 1260 g/mol. The largest absolute Gasteiger partial charge is 0.472 e. The minimum absolute atomic E-state index is 0.107. The standard InChI is InChI=1S/C77H150O17P2/c1-7-9-11-13-15-17-19-21-28-31-35-41-47-53-59-74(79)87-65-72(93-77(82)62-56-50-43-37-33-29-25-23-22-24-27-30-34-39-45-51-57-69(3)4)67-91-95(83,84)89-63-71(78)64-90-96(85,86)92-68-73(66-88-75(80)60-54-48-44-38-40-46-52-58-70(5)6)94-76(81)61-55-49-42-36-32-26-20-18-16-14-12-10-8-2/h69-73,78H,7-68H2,1-6H3,(H,83,84)(H,85,86)/t71-,72-,73-/m1/s1. The SMILES string of the molecule is CCCCCCCCCCCCCCCCC(=O)OC[C@H](COP(=O)(O)OC[C@@H](O)COP(=O)(O)OC[C@@H](COC(=O)CCCCCCCCCC(C)C)OC(=O)CCCCCCCCCCCCCCC)OC(=O)CCCCCCCCCCCCCCCCCCC(C)C. The maximum absolute atomic E-state index is 13.1. The molecule has 0 heterocycles. The van der Waals surface area contributed by atoms with Gasteiger partial charge in [0.15, 0.2) is 12.2 Å². The lowest BCUT2D eigenvalue weighted by Crippen LogP contribution is -2.30. The molecule has 0 aliphatic heterocycles. The third kappa shape index (κ3) is 70.5. The van der Waals surface area contributed by atoms with E-state index in [2.05, 4.69) is 41.5 Å². The van der Waals surface area contributed by atoms with Gasteiger partial charge in [-0.1, -0.05) is 350 Å². The highest BCUT2D eigenvalue weighted by Gasteiger charge is 2.30. The van der Waals surface area contributed by atoms with Gasteiger partial charge in [-0.3, -0.25) is 37.3 Å². The van der Waals surface area contributed by atoms with Gasteiger partial charge in [0.1, 0.15) is 19.3 Å². The molecule has 19 heteroatoms. The van der Waals surface area contributed by atoms with Gasteiger partial charge in [0.05, 0.1) is 26.4 Å². The van der Waals surface area contributed by atoms with Crippen molar-refractivity contribution in [2.24, 2.45) is 11.8 Å². The highest BCUT2D eigenvalue weighted by molar-refractivity contribution is 7.47. The predicted octanol–water partition coefficient (Wildman–Crippen LogP) is 22.7. The van der Waals surface area contributed by atoms with E-state index in [1.807, 2.05) is 0 Å². The van der Waals surface area contributed by atoms with Crippen LogP contribution < -0.4 is 0 Å². The van der Waals surface area contributed by atoms with E-state index >= 15 is 0 Å². The van der Waals surface area contributed by atoms with Crippen molar-refractivity contribution in [3.63, 3.8) is 0 Å². The van der Waals surface area contributed by atoms with E-state index in [4.69, 9.17) is 37.0 Å². The molecule has 0 aromatic carbocycles. The zero-order valence-electron chi connectivity index (χ0n) is 62.7. The molecular formula is C77H150O17P2. The van der Waals surface area contributed by atoms with E-state index in [0.717, 1.165) is 102 Å². The molecule has 0 rings (SSSR count). The van der Waals surface area contributed by atoms with Crippen LogP contribution >= 0.6 is 15.6 Å². The molecule has 570 valence electrons. The van der Waals surface area contributed by atoms with Gasteiger partial charge in [-0.25, -0.2) is 9.13 Å². The molecule has 0 radical (unpaired) electrons. The second-order valence-electron chi connectivity index (χ2n) is 28.7. The van der Waals surface area contributed by atoms with Crippen LogP contribution in [0.15, 0.2) is 0 Å². The molecule has 0 bridgehead atoms. The Morgan fingerprint density at radius 2 is 0.479 bits per heavy atom. The molecule has 5 atom stereocenters. The van der Waals surface area contributed by atoms with Gasteiger partial charge >= 0.3 is 39.5 Å². The number of carbonyl (C=O) groups excluding carboxylic acids is 4. The lowest BCUT2D eigenvalue weighted by Gasteiger charge is -2.21. The highest BCUT2D eigenvalue weighted by atomic mass is 31.2. The molecule has 0 saturated heterocycles. The van der Waals surface area contributed by atoms with Crippen LogP contribution in [0.2, 0.25) is 0 Å². The Labute approximate surface area is 588 Å². The summed E-state index contributed by atoms with van der Waals surface area (Å²) < 4.78 is 68.6. The number of carbonyl (C=O) groups is 4. The summed E-state index contributed by atoms with van der Waals surface area (Å²) in [4.78, 5) is 72.8. The van der Waals surface area contributed by atoms with Crippen molar-refractivity contribution in [3.05, 3.63) is 0 Å². The van der Waals surface area contributed by atoms with Gasteiger partial charge in [0, 0.05) is 25.7 Å². The van der Waals surface area contributed by atoms with E-state index in [-0.39, 0.29) is 25.7 Å².